The number of hydrogen-bond donors (Lipinski definition) is 1. The van der Waals surface area contributed by atoms with Gasteiger partial charge in [-0.2, -0.15) is 18.3 Å². The van der Waals surface area contributed by atoms with E-state index in [4.69, 9.17) is 0 Å². The maximum absolute atomic E-state index is 12.9. The van der Waals surface area contributed by atoms with Crippen molar-refractivity contribution < 1.29 is 13.2 Å². The van der Waals surface area contributed by atoms with Gasteiger partial charge in [0.05, 0.1) is 12.4 Å². The molecule has 0 radical (unpaired) electrons. The van der Waals surface area contributed by atoms with Crippen LogP contribution in [0.5, 0.6) is 0 Å². The van der Waals surface area contributed by atoms with Crippen LogP contribution in [0, 0.1) is 6.92 Å². The van der Waals surface area contributed by atoms with Gasteiger partial charge in [-0.3, -0.25) is 9.59 Å². The highest BCUT2D eigenvalue weighted by molar-refractivity contribution is 5.53. The van der Waals surface area contributed by atoms with Crippen LogP contribution in [0.4, 0.5) is 13.2 Å². The van der Waals surface area contributed by atoms with Gasteiger partial charge in [-0.1, -0.05) is 0 Å². The summed E-state index contributed by atoms with van der Waals surface area (Å²) >= 11 is 0. The van der Waals surface area contributed by atoms with Crippen molar-refractivity contribution in [3.63, 3.8) is 0 Å². The smallest absolute Gasteiger partial charge is 0.324 e. The second-order valence-corrected chi connectivity index (χ2v) is 4.35. The molecule has 0 spiro atoms. The number of aromatic amines is 1. The molecule has 1 N–H and O–H groups in total. The molecule has 8 nitrogen and oxygen atoms in total. The molecule has 3 heterocycles. The molecule has 3 rings (SSSR count). The number of halogens is 3. The van der Waals surface area contributed by atoms with E-state index in [9.17, 15) is 22.8 Å². The van der Waals surface area contributed by atoms with E-state index in [1.54, 1.807) is 0 Å². The first kappa shape index (κ1) is 14.0. The topological polar surface area (TPSA) is 97.9 Å². The van der Waals surface area contributed by atoms with Gasteiger partial charge in [-0.15, -0.1) is 9.73 Å². The van der Waals surface area contributed by atoms with E-state index in [1.165, 1.54) is 6.92 Å². The summed E-state index contributed by atoms with van der Waals surface area (Å²) in [4.78, 5) is 29.4. The number of alkyl halides is 3. The fourth-order valence-electron chi connectivity index (χ4n) is 1.98. The maximum atomic E-state index is 12.9. The molecule has 22 heavy (non-hydrogen) atoms. The van der Waals surface area contributed by atoms with Crippen LogP contribution in [0.15, 0.2) is 28.2 Å². The standard InChI is InChI=1S/C11H7F3N6O2/c1-5-18-20-9(6(2-17-20)11(12,13)14)10(22)19(5)7-3-16-8(21)4-15-7/h2-4H,1H3,(H,16,21). The van der Waals surface area contributed by atoms with Crippen LogP contribution < -0.4 is 11.1 Å². The molecule has 0 aliphatic heterocycles. The van der Waals surface area contributed by atoms with Crippen LogP contribution >= 0.6 is 0 Å². The Bertz CT molecular complexity index is 964. The molecule has 0 unspecified atom stereocenters. The third-order valence-corrected chi connectivity index (χ3v) is 2.91. The molecule has 0 amide bonds. The molecule has 3 aromatic heterocycles. The molecule has 0 aromatic carbocycles. The van der Waals surface area contributed by atoms with Crippen molar-refractivity contribution in [2.75, 3.05) is 0 Å². The Kier molecular flexibility index (Phi) is 2.87. The normalized spacial score (nSPS) is 12.0. The lowest BCUT2D eigenvalue weighted by Crippen LogP contribution is -2.28. The van der Waals surface area contributed by atoms with Crippen LogP contribution in [0.25, 0.3) is 11.3 Å². The van der Waals surface area contributed by atoms with E-state index in [1.807, 2.05) is 0 Å². The Hall–Kier alpha value is -2.98. The zero-order valence-corrected chi connectivity index (χ0v) is 10.9. The summed E-state index contributed by atoms with van der Waals surface area (Å²) in [5, 5.41) is 7.26. The van der Waals surface area contributed by atoms with Crippen molar-refractivity contribution in [1.29, 1.82) is 0 Å². The monoisotopic (exact) mass is 312 g/mol. The number of H-pyrrole nitrogens is 1. The molecule has 0 aliphatic carbocycles. The van der Waals surface area contributed by atoms with Crippen molar-refractivity contribution >= 4 is 5.52 Å². The Balaban J connectivity index is 2.39. The van der Waals surface area contributed by atoms with E-state index in [0.717, 1.165) is 17.0 Å². The van der Waals surface area contributed by atoms with Crippen molar-refractivity contribution in [3.05, 3.63) is 50.7 Å². The fourth-order valence-corrected chi connectivity index (χ4v) is 1.98. The largest absolute Gasteiger partial charge is 0.420 e. The zero-order chi connectivity index (χ0) is 16.1. The molecule has 0 aliphatic rings. The number of nitrogens with zero attached hydrogens (tertiary/aromatic N) is 5. The van der Waals surface area contributed by atoms with Gasteiger partial charge in [0.2, 0.25) is 0 Å². The second kappa shape index (κ2) is 4.51. The molecular formula is C11H7F3N6O2. The Morgan fingerprint density at radius 1 is 1.23 bits per heavy atom. The van der Waals surface area contributed by atoms with Crippen LogP contribution in [0.1, 0.15) is 11.4 Å². The van der Waals surface area contributed by atoms with Gasteiger partial charge in [-0.25, -0.2) is 9.55 Å². The molecule has 0 saturated carbocycles. The van der Waals surface area contributed by atoms with Gasteiger partial charge in [0.25, 0.3) is 11.1 Å². The van der Waals surface area contributed by atoms with Crippen molar-refractivity contribution in [2.24, 2.45) is 0 Å². The van der Waals surface area contributed by atoms with E-state index >= 15 is 0 Å². The van der Waals surface area contributed by atoms with E-state index < -0.39 is 28.4 Å². The molecule has 0 atom stereocenters. The van der Waals surface area contributed by atoms with Gasteiger partial charge < -0.3 is 4.98 Å². The number of fused-ring (bicyclic) bond motifs is 1. The summed E-state index contributed by atoms with van der Waals surface area (Å²) in [7, 11) is 0. The first-order valence-electron chi connectivity index (χ1n) is 5.89. The van der Waals surface area contributed by atoms with Gasteiger partial charge in [0.1, 0.15) is 11.4 Å². The highest BCUT2D eigenvalue weighted by Gasteiger charge is 2.36. The quantitative estimate of drug-likeness (QED) is 0.696. The van der Waals surface area contributed by atoms with Crippen molar-refractivity contribution in [3.8, 4) is 5.82 Å². The predicted octanol–water partition coefficient (Wildman–Crippen LogP) is 0.291. The third-order valence-electron chi connectivity index (χ3n) is 2.91. The second-order valence-electron chi connectivity index (χ2n) is 4.35. The number of aryl methyl sites for hydroxylation is 1. The van der Waals surface area contributed by atoms with Gasteiger partial charge in [-0.05, 0) is 6.92 Å². The first-order chi connectivity index (χ1) is 10.3. The molecular weight excluding hydrogens is 305 g/mol. The minimum Gasteiger partial charge on any atom is -0.324 e. The number of aromatic nitrogens is 6. The Morgan fingerprint density at radius 2 is 1.95 bits per heavy atom. The molecule has 0 bridgehead atoms. The van der Waals surface area contributed by atoms with Gasteiger partial charge in [0.15, 0.2) is 11.3 Å². The van der Waals surface area contributed by atoms with Crippen LogP contribution in [-0.2, 0) is 6.18 Å². The molecule has 11 heteroatoms. The summed E-state index contributed by atoms with van der Waals surface area (Å²) in [6.45, 7) is 1.41. The molecule has 0 saturated heterocycles. The Morgan fingerprint density at radius 3 is 2.55 bits per heavy atom. The highest BCUT2D eigenvalue weighted by atomic mass is 19.4. The average molecular weight is 312 g/mol. The third kappa shape index (κ3) is 2.06. The maximum Gasteiger partial charge on any atom is 0.420 e. The summed E-state index contributed by atoms with van der Waals surface area (Å²) in [5.74, 6) is 0.0142. The lowest BCUT2D eigenvalue weighted by molar-refractivity contribution is -0.136. The van der Waals surface area contributed by atoms with Gasteiger partial charge in [0, 0.05) is 6.20 Å². The predicted molar refractivity (Wildman–Crippen MR) is 66.7 cm³/mol. The minimum absolute atomic E-state index is 0.0496. The summed E-state index contributed by atoms with van der Waals surface area (Å²) in [6.07, 6.45) is -2.19. The van der Waals surface area contributed by atoms with Gasteiger partial charge >= 0.3 is 6.18 Å². The number of nitrogens with one attached hydrogen (secondary N) is 1. The van der Waals surface area contributed by atoms with E-state index in [2.05, 4.69) is 20.2 Å². The van der Waals surface area contributed by atoms with Crippen molar-refractivity contribution in [2.45, 2.75) is 13.1 Å². The zero-order valence-electron chi connectivity index (χ0n) is 10.9. The number of rotatable bonds is 1. The Labute approximate surface area is 118 Å². The lowest BCUT2D eigenvalue weighted by Gasteiger charge is -2.09. The average Bonchev–Trinajstić information content (AvgIpc) is 2.84. The first-order valence-corrected chi connectivity index (χ1v) is 5.89. The minimum atomic E-state index is -4.74. The fraction of sp³-hybridized carbons (Fsp3) is 0.182. The van der Waals surface area contributed by atoms with Crippen molar-refractivity contribution in [1.82, 2.24) is 29.4 Å². The van der Waals surface area contributed by atoms with Crippen LogP contribution in [0.2, 0.25) is 0 Å². The van der Waals surface area contributed by atoms with E-state index in [-0.39, 0.29) is 11.6 Å². The highest BCUT2D eigenvalue weighted by Crippen LogP contribution is 2.30. The summed E-state index contributed by atoms with van der Waals surface area (Å²) < 4.78 is 40.3. The number of hydrogen-bond acceptors (Lipinski definition) is 5. The molecule has 0 fully saturated rings. The lowest BCUT2D eigenvalue weighted by atomic mass is 10.3. The molecule has 114 valence electrons. The summed E-state index contributed by atoms with van der Waals surface area (Å²) in [6, 6.07) is 0. The summed E-state index contributed by atoms with van der Waals surface area (Å²) in [5.41, 5.74) is -3.41. The molecule has 3 aromatic rings. The SMILES string of the molecule is Cc1nn2ncc(C(F)(F)F)c2c(=O)n1-c1c[nH]c(=O)cn1. The van der Waals surface area contributed by atoms with Crippen LogP contribution in [-0.4, -0.2) is 29.4 Å². The van der Waals surface area contributed by atoms with E-state index in [0.29, 0.717) is 10.8 Å². The van der Waals surface area contributed by atoms with Crippen LogP contribution in [0.3, 0.4) is 0 Å².